The third-order valence-electron chi connectivity index (χ3n) is 26.8. The predicted octanol–water partition coefficient (Wildman–Crippen LogP) is 22.1. The number of aryl methyl sites for hydroxylation is 3. The van der Waals surface area contributed by atoms with Crippen LogP contribution in [-0.2, 0) is 0 Å². The molecule has 6 aliphatic carbocycles. The van der Waals surface area contributed by atoms with Crippen LogP contribution >= 0.6 is 23.2 Å². The monoisotopic (exact) mass is 1930 g/mol. The number of aliphatic hydroxyl groups is 1. The van der Waals surface area contributed by atoms with Gasteiger partial charge in [0.25, 0.3) is 0 Å². The molecule has 0 spiro atoms. The molecule has 24 rings (SSSR count). The number of alkyl halides is 1. The summed E-state index contributed by atoms with van der Waals surface area (Å²) in [6.07, 6.45) is 16.2. The van der Waals surface area contributed by atoms with E-state index in [-0.39, 0.29) is 35.6 Å². The molecular formula is C113H110Cl2FN19O7. The lowest BCUT2D eigenvalue weighted by Crippen LogP contribution is -2.38. The molecule has 1 aliphatic heterocycles. The van der Waals surface area contributed by atoms with Crippen LogP contribution in [0.15, 0.2) is 290 Å². The van der Waals surface area contributed by atoms with Gasteiger partial charge in [-0.3, -0.25) is 32.7 Å². The molecule has 6 fully saturated rings. The van der Waals surface area contributed by atoms with Gasteiger partial charge in [-0.1, -0.05) is 139 Å². The minimum absolute atomic E-state index is 0.0447. The number of aromatic nitrogens is 12. The third kappa shape index (κ3) is 20.4. The zero-order valence-electron chi connectivity index (χ0n) is 80.5. The number of nitrogens with one attached hydrogen (secondary N) is 5. The fraction of sp³-hybridized carbons (Fsp3) is 0.265. The summed E-state index contributed by atoms with van der Waals surface area (Å²) in [6.45, 7) is 13.2. The highest BCUT2D eigenvalue weighted by molar-refractivity contribution is 6.32. The van der Waals surface area contributed by atoms with Gasteiger partial charge in [0, 0.05) is 91.7 Å². The van der Waals surface area contributed by atoms with Crippen molar-refractivity contribution in [2.75, 3.05) is 61.0 Å². The maximum absolute atomic E-state index is 13.4. The van der Waals surface area contributed by atoms with Gasteiger partial charge >= 0.3 is 28.4 Å². The molecule has 10 aromatic carbocycles. The van der Waals surface area contributed by atoms with Crippen molar-refractivity contribution in [3.05, 3.63) is 380 Å². The van der Waals surface area contributed by atoms with E-state index in [2.05, 4.69) is 187 Å². The topological polar surface area (TPSA) is 305 Å². The maximum atomic E-state index is 13.4. The molecule has 0 bridgehead atoms. The van der Waals surface area contributed by atoms with E-state index in [0.717, 1.165) is 119 Å². The van der Waals surface area contributed by atoms with Gasteiger partial charge in [-0.2, -0.15) is 24.9 Å². The molecular weight excluding hydrogens is 1830 g/mol. The summed E-state index contributed by atoms with van der Waals surface area (Å²) in [5.74, 6) is 7.78. The highest BCUT2D eigenvalue weighted by Gasteiger charge is 2.34. The van der Waals surface area contributed by atoms with Crippen molar-refractivity contribution in [2.45, 2.75) is 160 Å². The van der Waals surface area contributed by atoms with Crippen LogP contribution in [0.4, 0.5) is 39.0 Å². The minimum atomic E-state index is -1.54. The number of rotatable bonds is 20. The second-order valence-electron chi connectivity index (χ2n) is 37.1. The lowest BCUT2D eigenvalue weighted by Gasteiger charge is -2.34. The number of nitrogens with zero attached hydrogens (tertiary/aromatic N) is 14. The van der Waals surface area contributed by atoms with Gasteiger partial charge in [0.1, 0.15) is 40.6 Å². The Balaban J connectivity index is 0.000000108. The van der Waals surface area contributed by atoms with Crippen molar-refractivity contribution >= 4 is 118 Å². The van der Waals surface area contributed by atoms with Crippen LogP contribution < -0.4 is 64.7 Å². The van der Waals surface area contributed by atoms with E-state index in [1.165, 1.54) is 121 Å². The summed E-state index contributed by atoms with van der Waals surface area (Å²) in [4.78, 5) is 99.1. The average molecular weight is 1940 g/mol. The molecule has 6 N–H and O–H groups in total. The zero-order valence-corrected chi connectivity index (χ0v) is 82.0. The van der Waals surface area contributed by atoms with Crippen LogP contribution in [-0.4, -0.2) is 116 Å². The number of hydrogen-bond donors (Lipinski definition) is 6. The Morgan fingerprint density at radius 3 is 1.19 bits per heavy atom. The number of amidine groups is 1. The van der Waals surface area contributed by atoms with Crippen molar-refractivity contribution in [2.24, 2.45) is 4.99 Å². The Morgan fingerprint density at radius 2 is 0.775 bits per heavy atom. The Hall–Kier alpha value is -15.3. The molecule has 26 nitrogen and oxygen atoms in total. The van der Waals surface area contributed by atoms with E-state index in [0.29, 0.717) is 85.6 Å². The molecule has 8 heterocycles. The van der Waals surface area contributed by atoms with E-state index in [1.807, 2.05) is 132 Å². The van der Waals surface area contributed by atoms with Crippen molar-refractivity contribution in [3.63, 3.8) is 0 Å². The van der Waals surface area contributed by atoms with Crippen molar-refractivity contribution < 1.29 is 14.2 Å². The van der Waals surface area contributed by atoms with Gasteiger partial charge < -0.3 is 36.4 Å². The van der Waals surface area contributed by atoms with Crippen molar-refractivity contribution in [1.29, 1.82) is 0 Å². The molecule has 0 saturated heterocycles. The van der Waals surface area contributed by atoms with Crippen molar-refractivity contribution in [1.82, 2.24) is 63.0 Å². The maximum Gasteiger partial charge on any atom is 0.354 e. The highest BCUT2D eigenvalue weighted by atomic mass is 35.5. The second kappa shape index (κ2) is 41.2. The molecule has 17 aromatic rings. The van der Waals surface area contributed by atoms with Gasteiger partial charge in [-0.15, -0.1) is 0 Å². The van der Waals surface area contributed by atoms with Crippen molar-refractivity contribution in [3.8, 4) is 34.3 Å². The largest absolute Gasteiger partial charge is 0.442 e. The standard InChI is InChI=1S/C20H20ClN3O2.C19H19FN4O2.2C19H19N3O.C19H19N3.C17H14ClN3O/c1-12(11-25)22-19-15-9-8-14(13-6-7-13)10-18(15)24(20(26)23-19)17-5-3-2-4-16(17)21;1-11(20)26-18-15(4-3-9-22-18)24-16-10-13(12-5-6-12)7-8-14(16)17(21-2)23-19(24)25;2*1-12-5-3-4-6-16(12)22-17-11-14(13-7-8-13)9-10-15(17)18(20-2)21-19(22)23;1-13-21-19(20-2)17-11-10-15(14-8-9-14)12-18(17)22(13)16-6-4-3-5-7-16;1-10-13-7-6-12(11-4-5-11)9-15(13)21(17(22)20-10)14-3-2-8-19-16(14)18/h2-5,8-10,12-13,25H,6-7,11H2,1H3,(H,22,23,26);3-4,7-12H,5-6H2,1-2H3,(H,21,23,25);2*3-6,9-11,13H,7-8H2,1-2H3,(H,20,21,23);3-7,10-12,14H,1,8-9H2,2H3,(H,20,21);2-3,6-9,11H,4-5H2,1H3/t12-;;;;;/m0...../s1. The van der Waals surface area contributed by atoms with Crippen LogP contribution in [0.5, 0.6) is 5.88 Å². The fourth-order valence-electron chi connectivity index (χ4n) is 18.5. The number of para-hydroxylation sites is 4. The predicted molar refractivity (Wildman–Crippen MR) is 568 cm³/mol. The molecule has 720 valence electrons. The summed E-state index contributed by atoms with van der Waals surface area (Å²) >= 11 is 12.5. The van der Waals surface area contributed by atoms with Gasteiger partial charge in [-0.05, 0) is 312 Å². The van der Waals surface area contributed by atoms with Gasteiger partial charge in [-0.25, -0.2) is 38.3 Å². The number of ether oxygens (including phenoxy) is 1. The summed E-state index contributed by atoms with van der Waals surface area (Å²) in [5.41, 5.74) is 19.8. The highest BCUT2D eigenvalue weighted by Crippen LogP contribution is 2.48. The summed E-state index contributed by atoms with van der Waals surface area (Å²) in [7, 11) is 7.14. The van der Waals surface area contributed by atoms with Gasteiger partial charge in [0.2, 0.25) is 12.2 Å². The molecule has 0 radical (unpaired) electrons. The first-order valence-electron chi connectivity index (χ1n) is 48.3. The molecule has 2 atom stereocenters. The Labute approximate surface area is 829 Å². The molecule has 0 amide bonds. The van der Waals surface area contributed by atoms with Gasteiger partial charge in [0.05, 0.1) is 73.3 Å². The normalized spacial score (nSPS) is 15.3. The minimum Gasteiger partial charge on any atom is -0.442 e. The van der Waals surface area contributed by atoms with Gasteiger partial charge in [0.15, 0.2) is 5.15 Å². The van der Waals surface area contributed by atoms with Crippen LogP contribution in [0.2, 0.25) is 10.2 Å². The summed E-state index contributed by atoms with van der Waals surface area (Å²) in [6, 6.07) is 78.2. The molecule has 29 heteroatoms. The first-order valence-corrected chi connectivity index (χ1v) is 49.1. The fourth-order valence-corrected chi connectivity index (χ4v) is 18.9. The second-order valence-corrected chi connectivity index (χ2v) is 37.8. The van der Waals surface area contributed by atoms with Crippen LogP contribution in [0.25, 0.3) is 83.0 Å². The first kappa shape index (κ1) is 95.6. The number of anilines is 6. The molecule has 1 unspecified atom stereocenters. The molecule has 7 aromatic heterocycles. The number of benzene rings is 10. The number of halogens is 3. The number of fused-ring (bicyclic) bond motifs is 6. The smallest absolute Gasteiger partial charge is 0.354 e. The zero-order chi connectivity index (χ0) is 98.8. The van der Waals surface area contributed by atoms with Crippen LogP contribution in [0, 0.1) is 20.8 Å². The van der Waals surface area contributed by atoms with E-state index in [4.69, 9.17) is 27.9 Å². The summed E-state index contributed by atoms with van der Waals surface area (Å²) in [5, 5.41) is 30.2. The quantitative estimate of drug-likeness (QED) is 0.0386. The Kier molecular flexibility index (Phi) is 27.8. The number of aliphatic hydroxyl groups excluding tert-OH is 1. The summed E-state index contributed by atoms with van der Waals surface area (Å²) < 4.78 is 26.6. The SMILES string of the molecule is C=C1NC(=NC)c2ccc(C3CC3)cc2N1c1ccccc1.CNc1nc(=O)n(-c2ccccc2C)c2cc(C3CC3)ccc12.CNc1nc(=O)n(-c2ccccc2C)c2cc(C3CC3)ccc12.CNc1nc(=O)n(-c2cccnc2OC(C)F)c2cc(C3CC3)ccc12.C[C@@H](CO)Nc1nc(=O)n(-c2ccccc2Cl)c2cc(C3CC3)ccc12.Cc1nc(=O)n(-c2cccnc2Cl)c2cc(C3CC3)ccc12. The Bertz CT molecular complexity index is 7940. The van der Waals surface area contributed by atoms with E-state index in [9.17, 15) is 33.5 Å². The lowest BCUT2D eigenvalue weighted by atomic mass is 10.0. The molecule has 7 aliphatic rings. The number of hydrogen-bond acceptors (Lipinski definition) is 20. The Morgan fingerprint density at radius 1 is 0.423 bits per heavy atom. The molecule has 6 saturated carbocycles. The first-order chi connectivity index (χ1) is 69.0. The third-order valence-corrected chi connectivity index (χ3v) is 27.4. The molecule has 142 heavy (non-hydrogen) atoms. The van der Waals surface area contributed by atoms with E-state index < -0.39 is 17.7 Å². The van der Waals surface area contributed by atoms with Crippen LogP contribution in [0.3, 0.4) is 0 Å². The van der Waals surface area contributed by atoms with E-state index >= 15 is 0 Å². The van der Waals surface area contributed by atoms with Crippen LogP contribution in [0.1, 0.15) is 182 Å². The lowest BCUT2D eigenvalue weighted by molar-refractivity contribution is 0.0808. The number of aliphatic imine (C=N–C) groups is 1. The number of pyridine rings is 2. The van der Waals surface area contributed by atoms with E-state index in [1.54, 1.807) is 75.9 Å². The average Bonchev–Trinajstić information content (AvgIpc) is 1.76.